The molecule has 2 aromatic rings. The van der Waals surface area contributed by atoms with Crippen molar-refractivity contribution in [3.05, 3.63) is 53.6 Å². The molecule has 3 rings (SSSR count). The van der Waals surface area contributed by atoms with Crippen LogP contribution in [-0.2, 0) is 9.59 Å². The Bertz CT molecular complexity index is 973. The largest absolute Gasteiger partial charge is 0.497 e. The summed E-state index contributed by atoms with van der Waals surface area (Å²) in [7, 11) is 3.20. The molecule has 2 aromatic carbocycles. The molecule has 9 nitrogen and oxygen atoms in total. The van der Waals surface area contributed by atoms with Gasteiger partial charge in [-0.1, -0.05) is 11.6 Å². The Morgan fingerprint density at radius 1 is 1.00 bits per heavy atom. The average molecular weight is 494 g/mol. The van der Waals surface area contributed by atoms with E-state index in [2.05, 4.69) is 5.32 Å². The highest BCUT2D eigenvalue weighted by atomic mass is 35.5. The molecule has 1 saturated heterocycles. The molecule has 0 aromatic heterocycles. The van der Waals surface area contributed by atoms with Crippen LogP contribution in [0.25, 0.3) is 0 Å². The molecule has 1 aliphatic heterocycles. The molecule has 1 aliphatic rings. The number of ether oxygens (including phenoxy) is 4. The minimum Gasteiger partial charge on any atom is -0.497 e. The molecule has 0 spiro atoms. The summed E-state index contributed by atoms with van der Waals surface area (Å²) in [5.41, 5.74) is 0. The zero-order valence-electron chi connectivity index (χ0n) is 19.0. The first-order valence-corrected chi connectivity index (χ1v) is 10.9. The number of rotatable bonds is 9. The standard InChI is InChI=1S/C20H24ClNO4.C4H4O4/c1-23-16-6-8-17(25-13-14-4-3-9-22-12-14)20(11-16)26-18-7-5-15(21)10-19(18)24-2;5-3(6)1-2-4(7)8/h5-8,10-11,14,22H,3-4,9,12-13H2,1-2H3;1-2H,(H,5,6)(H,7,8)/b;2-1+/t14-;/m0./s1. The van der Waals surface area contributed by atoms with Crippen LogP contribution in [0.3, 0.4) is 0 Å². The summed E-state index contributed by atoms with van der Waals surface area (Å²) in [6, 6.07) is 10.8. The van der Waals surface area contributed by atoms with Gasteiger partial charge in [0.2, 0.25) is 0 Å². The highest BCUT2D eigenvalue weighted by Crippen LogP contribution is 2.39. The fraction of sp³-hybridized carbons (Fsp3) is 0.333. The number of methoxy groups -OCH3 is 2. The van der Waals surface area contributed by atoms with E-state index < -0.39 is 11.9 Å². The lowest BCUT2D eigenvalue weighted by atomic mass is 10.0. The van der Waals surface area contributed by atoms with E-state index in [1.807, 2.05) is 18.2 Å². The predicted molar refractivity (Wildman–Crippen MR) is 127 cm³/mol. The Morgan fingerprint density at radius 2 is 1.71 bits per heavy atom. The van der Waals surface area contributed by atoms with Gasteiger partial charge in [0.15, 0.2) is 23.0 Å². The number of benzene rings is 2. The molecule has 0 amide bonds. The molecule has 10 heteroatoms. The summed E-state index contributed by atoms with van der Waals surface area (Å²) >= 11 is 6.03. The zero-order valence-corrected chi connectivity index (χ0v) is 19.7. The monoisotopic (exact) mass is 493 g/mol. The third-order valence-electron chi connectivity index (χ3n) is 4.74. The SMILES string of the molecule is COc1ccc(OC[C@H]2CCCNC2)c(Oc2ccc(Cl)cc2OC)c1.O=C(O)/C=C/C(=O)O. The number of carbonyl (C=O) groups is 2. The summed E-state index contributed by atoms with van der Waals surface area (Å²) in [4.78, 5) is 19.1. The molecule has 0 unspecified atom stereocenters. The summed E-state index contributed by atoms with van der Waals surface area (Å²) < 4.78 is 22.8. The maximum absolute atomic E-state index is 9.55. The van der Waals surface area contributed by atoms with Crippen LogP contribution in [-0.4, -0.2) is 56.1 Å². The van der Waals surface area contributed by atoms with Crippen molar-refractivity contribution in [2.24, 2.45) is 5.92 Å². The number of aliphatic carboxylic acids is 2. The first-order chi connectivity index (χ1) is 16.3. The van der Waals surface area contributed by atoms with Crippen molar-refractivity contribution in [1.29, 1.82) is 0 Å². The van der Waals surface area contributed by atoms with Crippen LogP contribution in [0.1, 0.15) is 12.8 Å². The number of nitrogens with one attached hydrogen (secondary N) is 1. The van der Waals surface area contributed by atoms with Crippen molar-refractivity contribution < 1.29 is 38.7 Å². The Morgan fingerprint density at radius 3 is 2.29 bits per heavy atom. The van der Waals surface area contributed by atoms with Crippen molar-refractivity contribution in [3.8, 4) is 28.7 Å². The summed E-state index contributed by atoms with van der Waals surface area (Å²) in [5.74, 6) is 1.06. The summed E-state index contributed by atoms with van der Waals surface area (Å²) in [5, 5.41) is 19.6. The lowest BCUT2D eigenvalue weighted by Crippen LogP contribution is -2.33. The topological polar surface area (TPSA) is 124 Å². The number of hydrogen-bond donors (Lipinski definition) is 3. The van der Waals surface area contributed by atoms with Crippen molar-refractivity contribution >= 4 is 23.5 Å². The Labute approximate surface area is 202 Å². The van der Waals surface area contributed by atoms with Crippen molar-refractivity contribution in [2.75, 3.05) is 33.9 Å². The van der Waals surface area contributed by atoms with E-state index in [0.29, 0.717) is 58.4 Å². The minimum absolute atomic E-state index is 0.503. The second-order valence-corrected chi connectivity index (χ2v) is 7.68. The van der Waals surface area contributed by atoms with Gasteiger partial charge in [-0.05, 0) is 43.7 Å². The second-order valence-electron chi connectivity index (χ2n) is 7.24. The molecule has 0 aliphatic carbocycles. The minimum atomic E-state index is -1.26. The molecule has 34 heavy (non-hydrogen) atoms. The molecule has 3 N–H and O–H groups in total. The Kier molecular flexibility index (Phi) is 11.0. The van der Waals surface area contributed by atoms with E-state index >= 15 is 0 Å². The fourth-order valence-corrected chi connectivity index (χ4v) is 3.24. The number of carboxylic acid groups (broad SMARTS) is 2. The summed E-state index contributed by atoms with van der Waals surface area (Å²) in [6.45, 7) is 2.72. The van der Waals surface area contributed by atoms with E-state index in [4.69, 9.17) is 40.8 Å². The molecular formula is C24H28ClNO8. The number of halogens is 1. The van der Waals surface area contributed by atoms with E-state index in [9.17, 15) is 9.59 Å². The van der Waals surface area contributed by atoms with Crippen molar-refractivity contribution in [1.82, 2.24) is 5.32 Å². The van der Waals surface area contributed by atoms with Gasteiger partial charge in [-0.15, -0.1) is 0 Å². The maximum atomic E-state index is 9.55. The van der Waals surface area contributed by atoms with E-state index in [1.165, 1.54) is 12.8 Å². The quantitative estimate of drug-likeness (QED) is 0.440. The Hall–Kier alpha value is -3.43. The van der Waals surface area contributed by atoms with Gasteiger partial charge >= 0.3 is 11.9 Å². The van der Waals surface area contributed by atoms with E-state index in [0.717, 1.165) is 13.1 Å². The van der Waals surface area contributed by atoms with Crippen LogP contribution >= 0.6 is 11.6 Å². The predicted octanol–water partition coefficient (Wildman–Crippen LogP) is 4.24. The van der Waals surface area contributed by atoms with Crippen LogP contribution in [0.5, 0.6) is 28.7 Å². The van der Waals surface area contributed by atoms with Gasteiger partial charge in [-0.2, -0.15) is 0 Å². The molecule has 1 fully saturated rings. The zero-order chi connectivity index (χ0) is 24.9. The van der Waals surface area contributed by atoms with Gasteiger partial charge in [0, 0.05) is 41.8 Å². The van der Waals surface area contributed by atoms with Gasteiger partial charge < -0.3 is 34.5 Å². The number of carboxylic acids is 2. The lowest BCUT2D eigenvalue weighted by Gasteiger charge is -2.23. The van der Waals surface area contributed by atoms with Crippen LogP contribution in [0.15, 0.2) is 48.6 Å². The van der Waals surface area contributed by atoms with Crippen molar-refractivity contribution in [3.63, 3.8) is 0 Å². The summed E-state index contributed by atoms with van der Waals surface area (Å²) in [6.07, 6.45) is 3.47. The van der Waals surface area contributed by atoms with Crippen LogP contribution in [0, 0.1) is 5.92 Å². The van der Waals surface area contributed by atoms with Crippen LogP contribution in [0.4, 0.5) is 0 Å². The highest BCUT2D eigenvalue weighted by molar-refractivity contribution is 6.30. The fourth-order valence-electron chi connectivity index (χ4n) is 3.08. The van der Waals surface area contributed by atoms with E-state index in [-0.39, 0.29) is 0 Å². The van der Waals surface area contributed by atoms with Gasteiger partial charge in [-0.3, -0.25) is 0 Å². The molecule has 0 radical (unpaired) electrons. The van der Waals surface area contributed by atoms with Gasteiger partial charge in [0.05, 0.1) is 20.8 Å². The van der Waals surface area contributed by atoms with Gasteiger partial charge in [0.25, 0.3) is 0 Å². The molecule has 1 atom stereocenters. The molecule has 0 saturated carbocycles. The molecular weight excluding hydrogens is 466 g/mol. The third kappa shape index (κ3) is 9.21. The third-order valence-corrected chi connectivity index (χ3v) is 4.97. The highest BCUT2D eigenvalue weighted by Gasteiger charge is 2.17. The molecule has 184 valence electrons. The first kappa shape index (κ1) is 26.8. The van der Waals surface area contributed by atoms with Crippen molar-refractivity contribution in [2.45, 2.75) is 12.8 Å². The smallest absolute Gasteiger partial charge is 0.328 e. The number of piperidine rings is 1. The second kappa shape index (κ2) is 14.0. The van der Waals surface area contributed by atoms with E-state index in [1.54, 1.807) is 32.4 Å². The number of hydrogen-bond acceptors (Lipinski definition) is 7. The van der Waals surface area contributed by atoms with Crippen LogP contribution < -0.4 is 24.3 Å². The van der Waals surface area contributed by atoms with Gasteiger partial charge in [0.1, 0.15) is 5.75 Å². The van der Waals surface area contributed by atoms with Crippen LogP contribution in [0.2, 0.25) is 5.02 Å². The van der Waals surface area contributed by atoms with Gasteiger partial charge in [-0.25, -0.2) is 9.59 Å². The normalized spacial score (nSPS) is 15.1. The molecule has 1 heterocycles. The Balaban J connectivity index is 0.000000440. The molecule has 0 bridgehead atoms. The maximum Gasteiger partial charge on any atom is 0.328 e. The average Bonchev–Trinajstić information content (AvgIpc) is 2.84. The lowest BCUT2D eigenvalue weighted by molar-refractivity contribution is -0.134. The first-order valence-electron chi connectivity index (χ1n) is 10.5.